The summed E-state index contributed by atoms with van der Waals surface area (Å²) in [5.41, 5.74) is 2.32. The maximum Gasteiger partial charge on any atom is 0.172 e. The molecule has 0 aliphatic heterocycles. The first-order valence-corrected chi connectivity index (χ1v) is 5.78. The van der Waals surface area contributed by atoms with Gasteiger partial charge in [-0.15, -0.1) is 0 Å². The zero-order valence-corrected chi connectivity index (χ0v) is 10.4. The maximum absolute atomic E-state index is 13.8. The molecule has 2 aromatic rings. The number of hydrogen-bond donors (Lipinski definition) is 0. The number of pyridine rings is 1. The van der Waals surface area contributed by atoms with Crippen LogP contribution in [-0.2, 0) is 6.42 Å². The molecule has 2 nitrogen and oxygen atoms in total. The second-order valence-corrected chi connectivity index (χ2v) is 4.36. The van der Waals surface area contributed by atoms with E-state index in [0.717, 1.165) is 5.56 Å². The van der Waals surface area contributed by atoms with Crippen LogP contribution in [0.3, 0.4) is 0 Å². The summed E-state index contributed by atoms with van der Waals surface area (Å²) in [7, 11) is 0. The largest absolute Gasteiger partial charge is 0.294 e. The Morgan fingerprint density at radius 3 is 2.67 bits per heavy atom. The van der Waals surface area contributed by atoms with E-state index >= 15 is 0 Å². The van der Waals surface area contributed by atoms with Crippen LogP contribution in [0.15, 0.2) is 36.5 Å². The first kappa shape index (κ1) is 12.4. The average molecular weight is 243 g/mol. The minimum Gasteiger partial charge on any atom is -0.294 e. The molecular formula is C15H14FNO. The van der Waals surface area contributed by atoms with Gasteiger partial charge in [0.05, 0.1) is 12.0 Å². The van der Waals surface area contributed by atoms with E-state index in [1.807, 2.05) is 19.1 Å². The molecule has 92 valence electrons. The highest BCUT2D eigenvalue weighted by molar-refractivity contribution is 5.98. The zero-order chi connectivity index (χ0) is 13.1. The van der Waals surface area contributed by atoms with Gasteiger partial charge in [0.15, 0.2) is 5.78 Å². The summed E-state index contributed by atoms with van der Waals surface area (Å²) < 4.78 is 13.8. The van der Waals surface area contributed by atoms with Crippen LogP contribution in [0, 0.1) is 19.7 Å². The first-order valence-electron chi connectivity index (χ1n) is 5.78. The molecular weight excluding hydrogens is 229 g/mol. The number of rotatable bonds is 3. The van der Waals surface area contributed by atoms with Crippen molar-refractivity contribution in [3.05, 3.63) is 64.7 Å². The molecule has 0 radical (unpaired) electrons. The van der Waals surface area contributed by atoms with E-state index < -0.39 is 5.82 Å². The molecule has 0 aliphatic rings. The lowest BCUT2D eigenvalue weighted by Gasteiger charge is -2.07. The quantitative estimate of drug-likeness (QED) is 0.774. The predicted molar refractivity (Wildman–Crippen MR) is 68.1 cm³/mol. The van der Waals surface area contributed by atoms with Crippen LogP contribution in [0.25, 0.3) is 0 Å². The minimum absolute atomic E-state index is 0.127. The Bertz CT molecular complexity index is 555. The van der Waals surface area contributed by atoms with E-state index in [-0.39, 0.29) is 17.8 Å². The van der Waals surface area contributed by atoms with Crippen molar-refractivity contribution >= 4 is 5.78 Å². The molecule has 18 heavy (non-hydrogen) atoms. The topological polar surface area (TPSA) is 30.0 Å². The third-order valence-electron chi connectivity index (χ3n) is 2.78. The molecule has 0 fully saturated rings. The van der Waals surface area contributed by atoms with E-state index in [1.54, 1.807) is 25.3 Å². The third-order valence-corrected chi connectivity index (χ3v) is 2.78. The summed E-state index contributed by atoms with van der Waals surface area (Å²) in [4.78, 5) is 16.2. The van der Waals surface area contributed by atoms with Gasteiger partial charge in [0.2, 0.25) is 0 Å². The van der Waals surface area contributed by atoms with Gasteiger partial charge in [0.1, 0.15) is 5.82 Å². The predicted octanol–water partition coefficient (Wildman–Crippen LogP) is 3.26. The Morgan fingerprint density at radius 1 is 1.28 bits per heavy atom. The summed E-state index contributed by atoms with van der Waals surface area (Å²) in [6, 6.07) is 8.56. The molecule has 0 atom stereocenters. The highest BCUT2D eigenvalue weighted by atomic mass is 19.1. The Balaban J connectivity index is 2.30. The molecule has 0 unspecified atom stereocenters. The molecule has 1 heterocycles. The second kappa shape index (κ2) is 5.08. The molecule has 0 spiro atoms. The van der Waals surface area contributed by atoms with Crippen LogP contribution in [0.2, 0.25) is 0 Å². The van der Waals surface area contributed by atoms with Gasteiger partial charge in [-0.05, 0) is 43.2 Å². The van der Waals surface area contributed by atoms with Gasteiger partial charge in [-0.25, -0.2) is 4.39 Å². The summed E-state index contributed by atoms with van der Waals surface area (Å²) in [6.45, 7) is 3.56. The smallest absolute Gasteiger partial charge is 0.172 e. The number of carbonyl (C=O) groups is 1. The Hall–Kier alpha value is -2.03. The second-order valence-electron chi connectivity index (χ2n) is 4.36. The number of aromatic nitrogens is 1. The van der Waals surface area contributed by atoms with Crippen LogP contribution >= 0.6 is 0 Å². The van der Waals surface area contributed by atoms with Crippen molar-refractivity contribution < 1.29 is 9.18 Å². The fourth-order valence-electron chi connectivity index (χ4n) is 2.02. The van der Waals surface area contributed by atoms with Crippen LogP contribution in [0.4, 0.5) is 4.39 Å². The van der Waals surface area contributed by atoms with E-state index in [4.69, 9.17) is 0 Å². The standard InChI is InChI=1S/C15H14FNO/c1-10-7-11(2)15(13(16)8-10)14(18)9-12-5-3-4-6-17-12/h3-8H,9H2,1-2H3. The summed E-state index contributed by atoms with van der Waals surface area (Å²) in [6.07, 6.45) is 1.75. The van der Waals surface area contributed by atoms with Crippen molar-refractivity contribution in [1.82, 2.24) is 4.98 Å². The molecule has 0 saturated heterocycles. The number of nitrogens with zero attached hydrogens (tertiary/aromatic N) is 1. The van der Waals surface area contributed by atoms with Gasteiger partial charge in [0, 0.05) is 11.9 Å². The fraction of sp³-hybridized carbons (Fsp3) is 0.200. The molecule has 0 aliphatic carbocycles. The van der Waals surface area contributed by atoms with Gasteiger partial charge < -0.3 is 0 Å². The average Bonchev–Trinajstić information content (AvgIpc) is 2.28. The molecule has 2 rings (SSSR count). The van der Waals surface area contributed by atoms with Crippen molar-refractivity contribution in [2.45, 2.75) is 20.3 Å². The number of ketones is 1. The lowest BCUT2D eigenvalue weighted by atomic mass is 9.98. The number of carbonyl (C=O) groups excluding carboxylic acids is 1. The Kier molecular flexibility index (Phi) is 3.51. The van der Waals surface area contributed by atoms with Crippen molar-refractivity contribution in [1.29, 1.82) is 0 Å². The van der Waals surface area contributed by atoms with Gasteiger partial charge in [-0.1, -0.05) is 12.1 Å². The highest BCUT2D eigenvalue weighted by Crippen LogP contribution is 2.17. The normalized spacial score (nSPS) is 10.4. The van der Waals surface area contributed by atoms with E-state index in [1.165, 1.54) is 6.07 Å². The summed E-state index contributed by atoms with van der Waals surface area (Å²) in [5.74, 6) is -0.683. The van der Waals surface area contributed by atoms with E-state index in [9.17, 15) is 9.18 Å². The number of benzene rings is 1. The van der Waals surface area contributed by atoms with Crippen LogP contribution in [0.1, 0.15) is 27.2 Å². The van der Waals surface area contributed by atoms with E-state index in [0.29, 0.717) is 11.3 Å². The number of halogens is 1. The molecule has 0 N–H and O–H groups in total. The van der Waals surface area contributed by atoms with Gasteiger partial charge in [-0.2, -0.15) is 0 Å². The fourth-order valence-corrected chi connectivity index (χ4v) is 2.02. The molecule has 3 heteroatoms. The van der Waals surface area contributed by atoms with Gasteiger partial charge in [-0.3, -0.25) is 9.78 Å². The highest BCUT2D eigenvalue weighted by Gasteiger charge is 2.16. The Morgan fingerprint density at radius 2 is 2.06 bits per heavy atom. The summed E-state index contributed by atoms with van der Waals surface area (Å²) in [5, 5.41) is 0. The van der Waals surface area contributed by atoms with Crippen molar-refractivity contribution in [2.24, 2.45) is 0 Å². The number of aryl methyl sites for hydroxylation is 2. The zero-order valence-electron chi connectivity index (χ0n) is 10.4. The molecule has 0 bridgehead atoms. The molecule has 1 aromatic heterocycles. The van der Waals surface area contributed by atoms with Gasteiger partial charge in [0.25, 0.3) is 0 Å². The number of hydrogen-bond acceptors (Lipinski definition) is 2. The molecule has 0 saturated carbocycles. The van der Waals surface area contributed by atoms with Crippen LogP contribution in [0.5, 0.6) is 0 Å². The van der Waals surface area contributed by atoms with Crippen LogP contribution in [-0.4, -0.2) is 10.8 Å². The molecule has 0 amide bonds. The summed E-state index contributed by atoms with van der Waals surface area (Å²) >= 11 is 0. The van der Waals surface area contributed by atoms with Crippen molar-refractivity contribution in [3.8, 4) is 0 Å². The minimum atomic E-state index is -0.451. The monoisotopic (exact) mass is 243 g/mol. The SMILES string of the molecule is Cc1cc(C)c(C(=O)Cc2ccccn2)c(F)c1. The lowest BCUT2D eigenvalue weighted by molar-refractivity contribution is 0.0987. The van der Waals surface area contributed by atoms with Crippen molar-refractivity contribution in [3.63, 3.8) is 0 Å². The van der Waals surface area contributed by atoms with Crippen LogP contribution < -0.4 is 0 Å². The van der Waals surface area contributed by atoms with Gasteiger partial charge >= 0.3 is 0 Å². The van der Waals surface area contributed by atoms with E-state index in [2.05, 4.69) is 4.98 Å². The Labute approximate surface area is 105 Å². The van der Waals surface area contributed by atoms with Crippen molar-refractivity contribution in [2.75, 3.05) is 0 Å². The first-order chi connectivity index (χ1) is 8.58. The number of Topliss-reactive ketones (excluding diaryl/α,β-unsaturated/α-hetero) is 1. The third kappa shape index (κ3) is 2.62. The molecule has 1 aromatic carbocycles. The lowest BCUT2D eigenvalue weighted by Crippen LogP contribution is -2.09. The maximum atomic E-state index is 13.8.